The van der Waals surface area contributed by atoms with E-state index in [2.05, 4.69) is 0 Å². The quantitative estimate of drug-likeness (QED) is 0.494. The molecule has 4 heteroatoms. The van der Waals surface area contributed by atoms with Gasteiger partial charge in [-0.25, -0.2) is 0 Å². The van der Waals surface area contributed by atoms with Crippen LogP contribution in [0.3, 0.4) is 0 Å². The highest BCUT2D eigenvalue weighted by atomic mass is 35.5. The second-order valence-corrected chi connectivity index (χ2v) is 2.74. The molecule has 0 heterocycles. The van der Waals surface area contributed by atoms with E-state index < -0.39 is 6.10 Å². The third-order valence-electron chi connectivity index (χ3n) is 1.09. The number of halogens is 1. The monoisotopic (exact) mass is 178 g/mol. The maximum atomic E-state index is 10.8. The lowest BCUT2D eigenvalue weighted by Gasteiger charge is -2.02. The highest BCUT2D eigenvalue weighted by Crippen LogP contribution is 1.98. The lowest BCUT2D eigenvalue weighted by molar-refractivity contribution is -0.126. The number of aliphatic hydroxyl groups excluding tert-OH is 1. The minimum atomic E-state index is -0.816. The Kier molecular flexibility index (Phi) is 5.07. The van der Waals surface area contributed by atoms with Crippen molar-refractivity contribution < 1.29 is 14.7 Å². The van der Waals surface area contributed by atoms with Gasteiger partial charge in [0.25, 0.3) is 0 Å². The van der Waals surface area contributed by atoms with Crippen LogP contribution in [0.2, 0.25) is 0 Å². The molecule has 1 N–H and O–H groups in total. The predicted octanol–water partition coefficient (Wildman–Crippen LogP) is 0.524. The summed E-state index contributed by atoms with van der Waals surface area (Å²) in [5.74, 6) is -0.411. The van der Waals surface area contributed by atoms with Crippen LogP contribution in [-0.2, 0) is 9.59 Å². The maximum Gasteiger partial charge on any atom is 0.142 e. The molecule has 0 aromatic rings. The molecule has 64 valence electrons. The van der Waals surface area contributed by atoms with Gasteiger partial charge in [0.1, 0.15) is 11.6 Å². The summed E-state index contributed by atoms with van der Waals surface area (Å²) in [7, 11) is 0. The smallest absolute Gasteiger partial charge is 0.142 e. The third-order valence-corrected chi connectivity index (χ3v) is 1.44. The molecule has 0 rings (SSSR count). The van der Waals surface area contributed by atoms with Crippen LogP contribution in [0.5, 0.6) is 0 Å². The zero-order valence-corrected chi connectivity index (χ0v) is 7.10. The minimum Gasteiger partial charge on any atom is -0.391 e. The van der Waals surface area contributed by atoms with Crippen LogP contribution in [0.4, 0.5) is 0 Å². The van der Waals surface area contributed by atoms with Crippen molar-refractivity contribution in [1.29, 1.82) is 0 Å². The van der Waals surface area contributed by atoms with E-state index in [9.17, 15) is 9.59 Å². The van der Waals surface area contributed by atoms with Crippen LogP contribution in [-0.4, -0.2) is 28.7 Å². The van der Waals surface area contributed by atoms with Crippen LogP contribution in [0.15, 0.2) is 0 Å². The molecule has 0 saturated carbocycles. The first-order valence-corrected chi connectivity index (χ1v) is 3.85. The fraction of sp³-hybridized carbons (Fsp3) is 0.714. The van der Waals surface area contributed by atoms with Gasteiger partial charge in [-0.3, -0.25) is 9.59 Å². The number of hydrogen-bond donors (Lipinski definition) is 1. The Hall–Kier alpha value is -0.410. The highest BCUT2D eigenvalue weighted by Gasteiger charge is 2.10. The molecule has 1 atom stereocenters. The summed E-state index contributed by atoms with van der Waals surface area (Å²) >= 11 is 5.25. The molecule has 0 aliphatic carbocycles. The lowest BCUT2D eigenvalue weighted by atomic mass is 10.1. The molecule has 11 heavy (non-hydrogen) atoms. The number of carbonyl (C=O) groups is 2. The maximum absolute atomic E-state index is 10.8. The molecule has 0 aliphatic rings. The summed E-state index contributed by atoms with van der Waals surface area (Å²) in [6.07, 6.45) is -0.944. The van der Waals surface area contributed by atoms with Gasteiger partial charge in [0.15, 0.2) is 0 Å². The normalized spacial score (nSPS) is 12.6. The average Bonchev–Trinajstić information content (AvgIpc) is 1.85. The topological polar surface area (TPSA) is 54.4 Å². The third kappa shape index (κ3) is 6.01. The number of rotatable bonds is 5. The van der Waals surface area contributed by atoms with Gasteiger partial charge in [-0.2, -0.15) is 0 Å². The second-order valence-electron chi connectivity index (χ2n) is 2.43. The van der Waals surface area contributed by atoms with E-state index in [0.29, 0.717) is 0 Å². The summed E-state index contributed by atoms with van der Waals surface area (Å²) in [5.41, 5.74) is 0. The number of Topliss-reactive ketones (excluding diaryl/α,β-unsaturated/α-hetero) is 2. The number of alkyl halides is 1. The summed E-state index contributed by atoms with van der Waals surface area (Å²) < 4.78 is 0. The van der Waals surface area contributed by atoms with E-state index in [4.69, 9.17) is 16.7 Å². The van der Waals surface area contributed by atoms with Gasteiger partial charge in [-0.1, -0.05) is 0 Å². The van der Waals surface area contributed by atoms with Crippen LogP contribution in [0.1, 0.15) is 19.8 Å². The molecule has 0 fully saturated rings. The zero-order valence-electron chi connectivity index (χ0n) is 6.34. The average molecular weight is 179 g/mol. The first-order valence-electron chi connectivity index (χ1n) is 3.31. The van der Waals surface area contributed by atoms with Crippen molar-refractivity contribution in [1.82, 2.24) is 0 Å². The number of aliphatic hydroxyl groups is 1. The van der Waals surface area contributed by atoms with Crippen LogP contribution < -0.4 is 0 Å². The van der Waals surface area contributed by atoms with Crippen molar-refractivity contribution in [3.63, 3.8) is 0 Å². The Balaban J connectivity index is 3.60. The molecular weight excluding hydrogens is 168 g/mol. The fourth-order valence-corrected chi connectivity index (χ4v) is 0.776. The first-order chi connectivity index (χ1) is 5.06. The second kappa shape index (κ2) is 5.27. The molecule has 0 aromatic carbocycles. The highest BCUT2D eigenvalue weighted by molar-refractivity contribution is 6.18. The lowest BCUT2D eigenvalue weighted by Crippen LogP contribution is -2.16. The largest absolute Gasteiger partial charge is 0.391 e. The molecule has 0 spiro atoms. The molecule has 0 aliphatic heterocycles. The molecule has 0 amide bonds. The summed E-state index contributed by atoms with van der Waals surface area (Å²) in [6.45, 7) is 1.34. The van der Waals surface area contributed by atoms with Crippen molar-refractivity contribution in [2.24, 2.45) is 0 Å². The standard InChI is InChI=1S/C7H11ClO3/c1-5(9)2-6(10)3-7(11)4-8/h7,11H,2-4H2,1H3/t7-/m0/s1. The van der Waals surface area contributed by atoms with Gasteiger partial charge >= 0.3 is 0 Å². The van der Waals surface area contributed by atoms with Crippen molar-refractivity contribution >= 4 is 23.2 Å². The Morgan fingerprint density at radius 3 is 2.45 bits per heavy atom. The first kappa shape index (κ1) is 10.6. The molecular formula is C7H11ClO3. The summed E-state index contributed by atoms with van der Waals surface area (Å²) in [5, 5.41) is 8.88. The fourth-order valence-electron chi connectivity index (χ4n) is 0.667. The predicted molar refractivity (Wildman–Crippen MR) is 41.6 cm³/mol. The van der Waals surface area contributed by atoms with E-state index in [1.165, 1.54) is 6.92 Å². The number of hydrogen-bond acceptors (Lipinski definition) is 3. The van der Waals surface area contributed by atoms with Crippen LogP contribution in [0, 0.1) is 0 Å². The van der Waals surface area contributed by atoms with Gasteiger partial charge in [0.2, 0.25) is 0 Å². The van der Waals surface area contributed by atoms with E-state index in [1.807, 2.05) is 0 Å². The van der Waals surface area contributed by atoms with E-state index in [0.717, 1.165) is 0 Å². The van der Waals surface area contributed by atoms with Crippen LogP contribution >= 0.6 is 11.6 Å². The minimum absolute atomic E-state index is 0.0247. The summed E-state index contributed by atoms with van der Waals surface area (Å²) in [4.78, 5) is 21.2. The van der Waals surface area contributed by atoms with Crippen molar-refractivity contribution in [2.75, 3.05) is 5.88 Å². The van der Waals surface area contributed by atoms with E-state index in [-0.39, 0.29) is 30.3 Å². The molecule has 0 radical (unpaired) electrons. The van der Waals surface area contributed by atoms with Gasteiger partial charge in [0, 0.05) is 12.3 Å². The number of ketones is 2. The van der Waals surface area contributed by atoms with E-state index in [1.54, 1.807) is 0 Å². The van der Waals surface area contributed by atoms with Gasteiger partial charge < -0.3 is 5.11 Å². The summed E-state index contributed by atoms with van der Waals surface area (Å²) in [6, 6.07) is 0. The molecule has 0 bridgehead atoms. The van der Waals surface area contributed by atoms with Gasteiger partial charge in [-0.05, 0) is 6.92 Å². The number of carbonyl (C=O) groups excluding carboxylic acids is 2. The molecule has 0 unspecified atom stereocenters. The van der Waals surface area contributed by atoms with Crippen molar-refractivity contribution in [3.8, 4) is 0 Å². The van der Waals surface area contributed by atoms with Gasteiger partial charge in [0.05, 0.1) is 12.5 Å². The Morgan fingerprint density at radius 1 is 1.55 bits per heavy atom. The Morgan fingerprint density at radius 2 is 2.09 bits per heavy atom. The Labute approximate surface area is 70.3 Å². The van der Waals surface area contributed by atoms with Gasteiger partial charge in [-0.15, -0.1) is 11.6 Å². The van der Waals surface area contributed by atoms with E-state index >= 15 is 0 Å². The van der Waals surface area contributed by atoms with Crippen molar-refractivity contribution in [2.45, 2.75) is 25.9 Å². The molecule has 0 aromatic heterocycles. The molecule has 0 saturated heterocycles. The molecule has 3 nitrogen and oxygen atoms in total. The zero-order chi connectivity index (χ0) is 8.85. The van der Waals surface area contributed by atoms with Crippen LogP contribution in [0.25, 0.3) is 0 Å². The Bertz CT molecular complexity index is 156. The van der Waals surface area contributed by atoms with Crippen molar-refractivity contribution in [3.05, 3.63) is 0 Å². The SMILES string of the molecule is CC(=O)CC(=O)C[C@H](O)CCl.